The Morgan fingerprint density at radius 2 is 1.78 bits per heavy atom. The molecule has 37 heavy (non-hydrogen) atoms. The second kappa shape index (κ2) is 10.9. The highest BCUT2D eigenvalue weighted by Gasteiger charge is 2.33. The number of aromatic nitrogens is 4. The maximum absolute atomic E-state index is 12.7. The Morgan fingerprint density at radius 3 is 2.59 bits per heavy atom. The zero-order chi connectivity index (χ0) is 25.0. The smallest absolute Gasteiger partial charge is 0.242 e. The average Bonchev–Trinajstić information content (AvgIpc) is 3.61. The molecule has 6 rings (SSSR count). The fourth-order valence-corrected chi connectivity index (χ4v) is 5.99. The van der Waals surface area contributed by atoms with Crippen LogP contribution in [0.4, 0.5) is 0 Å². The summed E-state index contributed by atoms with van der Waals surface area (Å²) in [4.78, 5) is 21.1. The number of rotatable bonds is 8. The lowest BCUT2D eigenvalue weighted by Crippen LogP contribution is -2.52. The number of piperidine rings is 1. The van der Waals surface area contributed by atoms with Gasteiger partial charge >= 0.3 is 0 Å². The van der Waals surface area contributed by atoms with Gasteiger partial charge in [-0.15, -0.1) is 10.2 Å². The van der Waals surface area contributed by atoms with Gasteiger partial charge in [0, 0.05) is 42.4 Å². The quantitative estimate of drug-likeness (QED) is 0.389. The van der Waals surface area contributed by atoms with Crippen LogP contribution in [0.5, 0.6) is 0 Å². The lowest BCUT2D eigenvalue weighted by molar-refractivity contribution is -0.129. The number of likely N-dealkylation sites (tertiary alicyclic amines) is 1. The Bertz CT molecular complexity index is 1310. The van der Waals surface area contributed by atoms with Crippen LogP contribution in [0.1, 0.15) is 36.4 Å². The summed E-state index contributed by atoms with van der Waals surface area (Å²) < 4.78 is 1.94. The Hall–Kier alpha value is -3.49. The summed E-state index contributed by atoms with van der Waals surface area (Å²) in [5.74, 6) is 0.791. The van der Waals surface area contributed by atoms with Crippen LogP contribution in [0.25, 0.3) is 16.6 Å². The van der Waals surface area contributed by atoms with Gasteiger partial charge in [-0.25, -0.2) is 0 Å². The molecule has 0 saturated carbocycles. The van der Waals surface area contributed by atoms with Gasteiger partial charge in [-0.05, 0) is 80.6 Å². The summed E-state index contributed by atoms with van der Waals surface area (Å²) in [7, 11) is 0. The molecular weight excluding hydrogens is 462 g/mol. The van der Waals surface area contributed by atoms with Crippen molar-refractivity contribution in [1.29, 1.82) is 0 Å². The van der Waals surface area contributed by atoms with Crippen LogP contribution in [0.3, 0.4) is 0 Å². The van der Waals surface area contributed by atoms with E-state index >= 15 is 0 Å². The number of fused-ring (bicyclic) bond motifs is 1. The van der Waals surface area contributed by atoms with Crippen molar-refractivity contribution in [3.63, 3.8) is 0 Å². The number of hydrogen-bond donors (Lipinski definition) is 2. The summed E-state index contributed by atoms with van der Waals surface area (Å²) in [5, 5.41) is 12.2. The lowest BCUT2D eigenvalue weighted by Gasteiger charge is -2.40. The molecule has 8 heteroatoms. The van der Waals surface area contributed by atoms with E-state index in [1.54, 1.807) is 12.7 Å². The summed E-state index contributed by atoms with van der Waals surface area (Å²) in [6, 6.07) is 16.5. The fraction of sp³-hybridized carbons (Fsp3) is 0.414. The SMILES string of the molecule is O=C1NCCN(CC2CCN(CCCc3c[nH]c4ccc(-n5cnnc5)cc34)CC2)C1c1ccccc1. The van der Waals surface area contributed by atoms with Crippen molar-refractivity contribution in [2.75, 3.05) is 39.3 Å². The predicted molar refractivity (Wildman–Crippen MR) is 144 cm³/mol. The largest absolute Gasteiger partial charge is 0.361 e. The van der Waals surface area contributed by atoms with E-state index in [4.69, 9.17) is 0 Å². The van der Waals surface area contributed by atoms with E-state index in [0.29, 0.717) is 5.92 Å². The van der Waals surface area contributed by atoms with Crippen LogP contribution in [0, 0.1) is 5.92 Å². The average molecular weight is 498 g/mol. The lowest BCUT2D eigenvalue weighted by atomic mass is 9.93. The van der Waals surface area contributed by atoms with Crippen molar-refractivity contribution in [3.8, 4) is 5.69 Å². The molecular formula is C29H35N7O. The van der Waals surface area contributed by atoms with E-state index < -0.39 is 0 Å². The van der Waals surface area contributed by atoms with Gasteiger partial charge in [0.2, 0.25) is 5.91 Å². The Kier molecular flexibility index (Phi) is 7.01. The minimum Gasteiger partial charge on any atom is -0.361 e. The number of H-pyrrole nitrogens is 1. The molecule has 4 aromatic rings. The molecule has 1 atom stereocenters. The number of nitrogens with zero attached hydrogens (tertiary/aromatic N) is 5. The van der Waals surface area contributed by atoms with Crippen LogP contribution in [-0.4, -0.2) is 74.7 Å². The van der Waals surface area contributed by atoms with Crippen molar-refractivity contribution in [2.45, 2.75) is 31.7 Å². The van der Waals surface area contributed by atoms with Crippen LogP contribution >= 0.6 is 0 Å². The van der Waals surface area contributed by atoms with Gasteiger partial charge in [0.05, 0.1) is 0 Å². The van der Waals surface area contributed by atoms with Crippen LogP contribution in [0.2, 0.25) is 0 Å². The van der Waals surface area contributed by atoms with E-state index in [0.717, 1.165) is 63.4 Å². The number of carbonyl (C=O) groups excluding carboxylic acids is 1. The molecule has 1 amide bonds. The van der Waals surface area contributed by atoms with Crippen LogP contribution in [0.15, 0.2) is 67.4 Å². The van der Waals surface area contributed by atoms with Crippen molar-refractivity contribution < 1.29 is 4.79 Å². The molecule has 2 aliphatic heterocycles. The van der Waals surface area contributed by atoms with Crippen molar-refractivity contribution in [3.05, 3.63) is 78.5 Å². The molecule has 0 bridgehead atoms. The first-order valence-electron chi connectivity index (χ1n) is 13.5. The molecule has 0 radical (unpaired) electrons. The van der Waals surface area contributed by atoms with Crippen LogP contribution < -0.4 is 5.32 Å². The number of nitrogens with one attached hydrogen (secondary N) is 2. The second-order valence-electron chi connectivity index (χ2n) is 10.4. The second-order valence-corrected chi connectivity index (χ2v) is 10.4. The van der Waals surface area contributed by atoms with Gasteiger partial charge in [0.25, 0.3) is 0 Å². The highest BCUT2D eigenvalue weighted by atomic mass is 16.2. The van der Waals surface area contributed by atoms with E-state index in [1.807, 2.05) is 22.8 Å². The molecule has 2 N–H and O–H groups in total. The van der Waals surface area contributed by atoms with E-state index in [-0.39, 0.29) is 11.9 Å². The van der Waals surface area contributed by atoms with Crippen molar-refractivity contribution >= 4 is 16.8 Å². The van der Waals surface area contributed by atoms with Gasteiger partial charge in [-0.3, -0.25) is 14.3 Å². The predicted octanol–water partition coefficient (Wildman–Crippen LogP) is 3.57. The minimum atomic E-state index is -0.158. The van der Waals surface area contributed by atoms with E-state index in [9.17, 15) is 4.79 Å². The number of benzene rings is 2. The van der Waals surface area contributed by atoms with Gasteiger partial charge < -0.3 is 15.2 Å². The first-order valence-corrected chi connectivity index (χ1v) is 13.5. The van der Waals surface area contributed by atoms with Gasteiger partial charge in [0.15, 0.2) is 0 Å². The summed E-state index contributed by atoms with van der Waals surface area (Å²) in [5.41, 5.74) is 4.73. The zero-order valence-electron chi connectivity index (χ0n) is 21.2. The first kappa shape index (κ1) is 23.9. The maximum atomic E-state index is 12.7. The Labute approximate surface area is 217 Å². The molecule has 8 nitrogen and oxygen atoms in total. The molecule has 2 fully saturated rings. The number of carbonyl (C=O) groups is 1. The summed E-state index contributed by atoms with van der Waals surface area (Å²) >= 11 is 0. The van der Waals surface area contributed by atoms with Gasteiger partial charge in [0.1, 0.15) is 18.7 Å². The molecule has 2 aliphatic rings. The van der Waals surface area contributed by atoms with Gasteiger partial charge in [-0.2, -0.15) is 0 Å². The third kappa shape index (κ3) is 5.31. The highest BCUT2D eigenvalue weighted by Crippen LogP contribution is 2.28. The molecule has 2 aromatic heterocycles. The summed E-state index contributed by atoms with van der Waals surface area (Å²) in [6.45, 7) is 6.09. The standard InChI is InChI=1S/C29H35N7O/c37-29-28(23-5-2-1-3-6-23)35(16-12-30-29)19-22-10-14-34(15-11-22)13-4-7-24-18-31-27-9-8-25(17-26(24)27)36-20-32-33-21-36/h1-3,5-6,8-9,17-18,20-22,28,31H,4,7,10-16,19H2,(H,30,37). The van der Waals surface area contributed by atoms with E-state index in [2.05, 4.69) is 66.8 Å². The molecule has 0 aliphatic carbocycles. The normalized spacial score (nSPS) is 19.9. The van der Waals surface area contributed by atoms with E-state index in [1.165, 1.54) is 29.3 Å². The Morgan fingerprint density at radius 1 is 0.973 bits per heavy atom. The number of amides is 1. The summed E-state index contributed by atoms with van der Waals surface area (Å²) in [6.07, 6.45) is 10.2. The first-order chi connectivity index (χ1) is 18.2. The Balaban J connectivity index is 1.00. The number of aryl methyl sites for hydroxylation is 1. The molecule has 4 heterocycles. The molecule has 2 saturated heterocycles. The van der Waals surface area contributed by atoms with Crippen molar-refractivity contribution in [1.82, 2.24) is 34.9 Å². The molecule has 1 unspecified atom stereocenters. The minimum absolute atomic E-state index is 0.140. The fourth-order valence-electron chi connectivity index (χ4n) is 5.99. The third-order valence-electron chi connectivity index (χ3n) is 8.02. The number of piperazine rings is 1. The van der Waals surface area contributed by atoms with Crippen molar-refractivity contribution in [2.24, 2.45) is 5.92 Å². The maximum Gasteiger partial charge on any atom is 0.242 e. The monoisotopic (exact) mass is 497 g/mol. The number of aromatic amines is 1. The molecule has 192 valence electrons. The van der Waals surface area contributed by atoms with Crippen LogP contribution in [-0.2, 0) is 11.2 Å². The molecule has 0 spiro atoms. The molecule has 2 aromatic carbocycles. The zero-order valence-corrected chi connectivity index (χ0v) is 21.2. The number of hydrogen-bond acceptors (Lipinski definition) is 5. The third-order valence-corrected chi connectivity index (χ3v) is 8.02. The van der Waals surface area contributed by atoms with Gasteiger partial charge in [-0.1, -0.05) is 30.3 Å². The topological polar surface area (TPSA) is 82.1 Å². The highest BCUT2D eigenvalue weighted by molar-refractivity contribution is 5.85.